The molecule has 0 aromatic rings. The molecule has 0 radical (unpaired) electrons. The van der Waals surface area contributed by atoms with Crippen LogP contribution in [0.1, 0.15) is 0 Å². The molecule has 0 spiro atoms. The molecule has 1 amide bonds. The van der Waals surface area contributed by atoms with E-state index in [2.05, 4.69) is 6.58 Å². The summed E-state index contributed by atoms with van der Waals surface area (Å²) < 4.78 is 28.5. The van der Waals surface area contributed by atoms with E-state index in [-0.39, 0.29) is 29.6 Å². The van der Waals surface area contributed by atoms with Gasteiger partial charge < -0.3 is 10.4 Å². The Bertz CT molecular complexity index is 275. The van der Waals surface area contributed by atoms with Crippen molar-refractivity contribution in [1.82, 2.24) is 5.32 Å². The van der Waals surface area contributed by atoms with Crippen molar-refractivity contribution in [3.63, 3.8) is 0 Å². The van der Waals surface area contributed by atoms with Crippen molar-refractivity contribution < 1.29 is 22.9 Å². The van der Waals surface area contributed by atoms with E-state index in [0.29, 0.717) is 0 Å². The molecule has 1 atom stereocenters. The zero-order chi connectivity index (χ0) is 9.78. The fourth-order valence-corrected chi connectivity index (χ4v) is 0.659. The van der Waals surface area contributed by atoms with E-state index in [1.807, 2.05) is 5.32 Å². The third kappa shape index (κ3) is 7.17. The molecule has 0 aromatic heterocycles. The van der Waals surface area contributed by atoms with Crippen LogP contribution in [0.25, 0.3) is 0 Å². The van der Waals surface area contributed by atoms with Crippen LogP contribution in [0.15, 0.2) is 12.7 Å². The second-order valence-electron chi connectivity index (χ2n) is 1.92. The second kappa shape index (κ2) is 6.52. The minimum atomic E-state index is -4.50. The molecular formula is C5H10NNaO5S. The molecule has 0 heterocycles. The van der Waals surface area contributed by atoms with E-state index in [0.717, 1.165) is 6.08 Å². The van der Waals surface area contributed by atoms with Gasteiger partial charge in [-0.05, 0) is 6.08 Å². The number of carbonyl (C=O) groups is 1. The molecule has 8 heteroatoms. The van der Waals surface area contributed by atoms with Crippen molar-refractivity contribution in [2.45, 2.75) is 5.44 Å². The van der Waals surface area contributed by atoms with Crippen molar-refractivity contribution in [3.05, 3.63) is 12.7 Å². The van der Waals surface area contributed by atoms with Gasteiger partial charge in [0.2, 0.25) is 5.91 Å². The zero-order valence-electron chi connectivity index (χ0n) is 6.10. The summed E-state index contributed by atoms with van der Waals surface area (Å²) in [5, 5.41) is 10.6. The minimum absolute atomic E-state index is 0. The molecule has 1 unspecified atom stereocenters. The van der Waals surface area contributed by atoms with Gasteiger partial charge in [0.05, 0.1) is 6.54 Å². The summed E-state index contributed by atoms with van der Waals surface area (Å²) in [6, 6.07) is 0. The van der Waals surface area contributed by atoms with E-state index in [1.165, 1.54) is 0 Å². The first-order valence-corrected chi connectivity index (χ1v) is 4.43. The summed E-state index contributed by atoms with van der Waals surface area (Å²) in [6.07, 6.45) is 0.913. The molecule has 0 aliphatic carbocycles. The molecule has 13 heavy (non-hydrogen) atoms. The van der Waals surface area contributed by atoms with Gasteiger partial charge in [-0.25, -0.2) is 0 Å². The van der Waals surface area contributed by atoms with Crippen LogP contribution in [0.5, 0.6) is 0 Å². The quantitative estimate of drug-likeness (QED) is 0.284. The van der Waals surface area contributed by atoms with Gasteiger partial charge in [-0.1, -0.05) is 6.58 Å². The number of carbonyl (C=O) groups excluding carboxylic acids is 1. The summed E-state index contributed by atoms with van der Waals surface area (Å²) >= 11 is 0. The van der Waals surface area contributed by atoms with Gasteiger partial charge in [-0.15, -0.1) is 0 Å². The molecule has 0 aliphatic heterocycles. The average molecular weight is 219 g/mol. The molecular weight excluding hydrogens is 209 g/mol. The number of nitrogens with one attached hydrogen (secondary N) is 1. The Hall–Kier alpha value is 0.0800. The standard InChI is InChI=1S/C5H9NO5S.Na.H/c1-2-4(7)6-3-5(8)12(9,10)11;;/h2,5,8H,1,3H2,(H,6,7)(H,9,10,11);;. The third-order valence-electron chi connectivity index (χ3n) is 0.980. The van der Waals surface area contributed by atoms with Crippen LogP contribution in [-0.4, -0.2) is 65.5 Å². The fraction of sp³-hybridized carbons (Fsp3) is 0.400. The van der Waals surface area contributed by atoms with Crippen molar-refractivity contribution >= 4 is 45.6 Å². The van der Waals surface area contributed by atoms with Gasteiger partial charge in [0.1, 0.15) is 0 Å². The summed E-state index contributed by atoms with van der Waals surface area (Å²) in [5.41, 5.74) is -2.00. The Morgan fingerprint density at radius 3 is 2.38 bits per heavy atom. The molecule has 6 nitrogen and oxygen atoms in total. The van der Waals surface area contributed by atoms with Gasteiger partial charge in [-0.3, -0.25) is 9.35 Å². The Morgan fingerprint density at radius 2 is 2.08 bits per heavy atom. The predicted molar refractivity (Wildman–Crippen MR) is 47.9 cm³/mol. The third-order valence-corrected chi connectivity index (χ3v) is 1.83. The van der Waals surface area contributed by atoms with E-state index in [4.69, 9.17) is 9.66 Å². The normalized spacial score (nSPS) is 12.5. The Balaban J connectivity index is 0. The van der Waals surface area contributed by atoms with Crippen LogP contribution in [0.2, 0.25) is 0 Å². The van der Waals surface area contributed by atoms with Crippen molar-refractivity contribution in [2.24, 2.45) is 0 Å². The predicted octanol–water partition coefficient (Wildman–Crippen LogP) is -2.15. The summed E-state index contributed by atoms with van der Waals surface area (Å²) in [7, 11) is -4.50. The Labute approximate surface area is 98.1 Å². The first-order valence-electron chi connectivity index (χ1n) is 2.92. The molecule has 0 aliphatic rings. The topological polar surface area (TPSA) is 104 Å². The zero-order valence-corrected chi connectivity index (χ0v) is 6.91. The van der Waals surface area contributed by atoms with E-state index in [1.54, 1.807) is 0 Å². The maximum absolute atomic E-state index is 10.4. The number of amides is 1. The number of rotatable bonds is 4. The van der Waals surface area contributed by atoms with Crippen molar-refractivity contribution in [1.29, 1.82) is 0 Å². The van der Waals surface area contributed by atoms with Crippen LogP contribution in [-0.2, 0) is 14.9 Å². The molecule has 0 fully saturated rings. The number of aliphatic hydroxyl groups excluding tert-OH is 1. The van der Waals surface area contributed by atoms with Gasteiger partial charge >= 0.3 is 29.6 Å². The van der Waals surface area contributed by atoms with Crippen LogP contribution in [0.4, 0.5) is 0 Å². The summed E-state index contributed by atoms with van der Waals surface area (Å²) in [5.74, 6) is -0.627. The van der Waals surface area contributed by atoms with Crippen molar-refractivity contribution in [2.75, 3.05) is 6.54 Å². The van der Waals surface area contributed by atoms with Crippen LogP contribution in [0.3, 0.4) is 0 Å². The maximum atomic E-state index is 10.4. The first kappa shape index (κ1) is 15.5. The van der Waals surface area contributed by atoms with Crippen LogP contribution >= 0.6 is 0 Å². The Morgan fingerprint density at radius 1 is 1.62 bits per heavy atom. The number of aliphatic hydroxyl groups is 1. The number of hydrogen-bond donors (Lipinski definition) is 3. The monoisotopic (exact) mass is 219 g/mol. The molecule has 0 aromatic carbocycles. The Kier molecular flexibility index (Phi) is 7.80. The van der Waals surface area contributed by atoms with Crippen LogP contribution < -0.4 is 5.32 Å². The van der Waals surface area contributed by atoms with Gasteiger partial charge in [0.15, 0.2) is 5.44 Å². The molecule has 0 saturated heterocycles. The average Bonchev–Trinajstić information content (AvgIpc) is 1.97. The molecule has 0 bridgehead atoms. The molecule has 0 saturated carbocycles. The first-order chi connectivity index (χ1) is 5.38. The number of hydrogen-bond acceptors (Lipinski definition) is 4. The molecule has 3 N–H and O–H groups in total. The van der Waals surface area contributed by atoms with Gasteiger partial charge in [0.25, 0.3) is 10.1 Å². The van der Waals surface area contributed by atoms with Crippen LogP contribution in [0, 0.1) is 0 Å². The molecule has 72 valence electrons. The van der Waals surface area contributed by atoms with E-state index < -0.39 is 28.0 Å². The second-order valence-corrected chi connectivity index (χ2v) is 3.49. The molecule has 0 rings (SSSR count). The van der Waals surface area contributed by atoms with E-state index >= 15 is 0 Å². The van der Waals surface area contributed by atoms with E-state index in [9.17, 15) is 13.2 Å². The van der Waals surface area contributed by atoms with Crippen molar-refractivity contribution in [3.8, 4) is 0 Å². The fourth-order valence-electron chi connectivity index (χ4n) is 0.365. The summed E-state index contributed by atoms with van der Waals surface area (Å²) in [4.78, 5) is 10.4. The summed E-state index contributed by atoms with van der Waals surface area (Å²) in [6.45, 7) is 2.53. The van der Waals surface area contributed by atoms with Gasteiger partial charge in [-0.2, -0.15) is 8.42 Å². The SMILES string of the molecule is C=CC(=O)NCC(O)S(=O)(=O)O.[NaH]. The van der Waals surface area contributed by atoms with Gasteiger partial charge in [0, 0.05) is 0 Å².